The molecule has 94 heavy (non-hydrogen) atoms. The summed E-state index contributed by atoms with van der Waals surface area (Å²) in [6, 6.07) is 0. The number of fused-ring (bicyclic) bond motifs is 7. The van der Waals surface area contributed by atoms with E-state index < -0.39 is 228 Å². The largest absolute Gasteiger partial charge is 0.432 e. The summed E-state index contributed by atoms with van der Waals surface area (Å²) in [5.41, 5.74) is -1.42. The molecule has 6 saturated heterocycles. The Morgan fingerprint density at radius 1 is 0.500 bits per heavy atom. The fraction of sp³-hybridized carbons (Fsp3) is 0.953. The van der Waals surface area contributed by atoms with Gasteiger partial charge in [-0.15, -0.1) is 0 Å². The van der Waals surface area contributed by atoms with Gasteiger partial charge >= 0.3 is 5.97 Å². The van der Waals surface area contributed by atoms with Crippen molar-refractivity contribution in [1.29, 1.82) is 0 Å². The van der Waals surface area contributed by atoms with E-state index in [1.807, 2.05) is 0 Å². The second-order valence-corrected chi connectivity index (χ2v) is 31.0. The summed E-state index contributed by atoms with van der Waals surface area (Å²) in [5, 5.41) is 184. The van der Waals surface area contributed by atoms with Gasteiger partial charge in [0, 0.05) is 0 Å². The van der Waals surface area contributed by atoms with E-state index in [2.05, 4.69) is 54.5 Å². The van der Waals surface area contributed by atoms with E-state index in [-0.39, 0.29) is 39.4 Å². The van der Waals surface area contributed by atoms with Gasteiger partial charge in [0.1, 0.15) is 128 Å². The quantitative estimate of drug-likeness (QED) is 0.0421. The first-order chi connectivity index (χ1) is 44.1. The van der Waals surface area contributed by atoms with E-state index in [0.29, 0.717) is 38.5 Å². The standard InChI is InChI=1S/C64H104O30/c1-25-36(69)42(75)51(93-53-44(77)37(70)28(67)22-83-53)57(86-25)91-49-29(68)23-84-54(48(49)81)92-50-31(21-66)88-55(47(80)43(50)76)90-35-12-13-61(6)33(60(35,4)5)11-14-63(8)34(61)10-9-26-27-19-59(2,3)15-17-64(27,18-16-62(26,63)7)58(82)94-56-46(79)41(74)39(72)32(89-56)24-85-52-45(78)40(73)38(71)30(20-65)87-52/h9,25,27-57,65-81H,10-24H2,1-8H3/t25-,27?,28-,29-,30-,31-,32-,33?,34?,35+,36-,37+,38-,39-,40+,41+,42+,43-,44-,45-,46-,47-,48-,49+,50-,51+,52-,53+,54-,55+,56+,57+,61+,62-,63-,64+/m1/s1. The molecule has 540 valence electrons. The highest BCUT2D eigenvalue weighted by molar-refractivity contribution is 5.79. The lowest BCUT2D eigenvalue weighted by Gasteiger charge is -2.71. The Bertz CT molecular complexity index is 2640. The molecule has 30 heteroatoms. The number of carbonyl (C=O) groups is 1. The van der Waals surface area contributed by atoms with E-state index in [9.17, 15) is 86.8 Å². The first kappa shape index (κ1) is 73.3. The molecule has 5 aliphatic carbocycles. The minimum atomic E-state index is -1.90. The maximum Gasteiger partial charge on any atom is 0.315 e. The van der Waals surface area contributed by atoms with Gasteiger partial charge < -0.3 is 144 Å². The Morgan fingerprint density at radius 2 is 1.06 bits per heavy atom. The maximum absolute atomic E-state index is 15.2. The molecule has 11 rings (SSSR count). The van der Waals surface area contributed by atoms with E-state index in [1.165, 1.54) is 12.5 Å². The van der Waals surface area contributed by atoms with Crippen molar-refractivity contribution in [2.45, 2.75) is 298 Å². The molecule has 36 atom stereocenters. The van der Waals surface area contributed by atoms with Crippen LogP contribution in [-0.2, 0) is 61.6 Å². The van der Waals surface area contributed by atoms with Gasteiger partial charge in [-0.2, -0.15) is 0 Å². The van der Waals surface area contributed by atoms with Crippen LogP contribution in [0.4, 0.5) is 0 Å². The normalized spacial score (nSPS) is 54.2. The molecule has 4 saturated carbocycles. The van der Waals surface area contributed by atoms with Crippen LogP contribution in [0.25, 0.3) is 0 Å². The van der Waals surface area contributed by atoms with Crippen molar-refractivity contribution < 1.29 is 148 Å². The molecule has 0 aromatic rings. The number of rotatable bonds is 15. The zero-order chi connectivity index (χ0) is 68.4. The van der Waals surface area contributed by atoms with Gasteiger partial charge in [0.05, 0.1) is 50.7 Å². The monoisotopic (exact) mass is 1350 g/mol. The van der Waals surface area contributed by atoms with Crippen LogP contribution in [0, 0.1) is 50.2 Å². The number of hydrogen-bond acceptors (Lipinski definition) is 30. The molecule has 3 unspecified atom stereocenters. The second kappa shape index (κ2) is 27.5. The van der Waals surface area contributed by atoms with Crippen LogP contribution >= 0.6 is 0 Å². The van der Waals surface area contributed by atoms with Crippen molar-refractivity contribution in [3.05, 3.63) is 11.6 Å². The van der Waals surface area contributed by atoms with E-state index in [4.69, 9.17) is 56.8 Å². The zero-order valence-corrected chi connectivity index (χ0v) is 54.6. The number of aliphatic hydroxyl groups excluding tert-OH is 17. The maximum atomic E-state index is 15.2. The predicted molar refractivity (Wildman–Crippen MR) is 315 cm³/mol. The minimum absolute atomic E-state index is 0.0844. The van der Waals surface area contributed by atoms with Gasteiger partial charge in [0.25, 0.3) is 0 Å². The highest BCUT2D eigenvalue weighted by Gasteiger charge is 2.70. The molecule has 30 nitrogen and oxygen atoms in total. The summed E-state index contributed by atoms with van der Waals surface area (Å²) < 4.78 is 70.9. The van der Waals surface area contributed by atoms with E-state index in [0.717, 1.165) is 25.7 Å². The van der Waals surface area contributed by atoms with Gasteiger partial charge in [-0.05, 0) is 116 Å². The molecular formula is C64H104O30. The molecule has 10 fully saturated rings. The molecule has 0 spiro atoms. The first-order valence-electron chi connectivity index (χ1n) is 33.5. The van der Waals surface area contributed by atoms with Crippen LogP contribution in [-0.4, -0.2) is 304 Å². The fourth-order valence-corrected chi connectivity index (χ4v) is 18.8. The molecule has 11 aliphatic rings. The summed E-state index contributed by atoms with van der Waals surface area (Å²) >= 11 is 0. The lowest BCUT2D eigenvalue weighted by atomic mass is 9.33. The SMILES string of the molecule is C[C@H]1O[C@@H](O[C@@H]2[C@@H](O)[C@@H](O[C@H]3[C@H](O)[C@@H](O)[C@H](O[C@H]4CC[C@@]5(C)C(CC[C@]6(C)C5CC=C5C7CC(C)(C)CC[C@]7(C(=O)O[C@@H]7O[C@H](CO[C@@H]8O[C@H](CO)[C@@H](O)[C@H](O)[C@H]8O)[C@@H](O)[C@H](O)[C@H]7O)CC[C@]56C)C4(C)C)O[C@@H]3CO)OC[C@H]2O)[C@@H](O[C@@H]2OC[C@@H](O)[C@H](O)[C@H]2O)[C@@H](O)[C@@H]1O. The van der Waals surface area contributed by atoms with E-state index in [1.54, 1.807) is 0 Å². The lowest BCUT2D eigenvalue weighted by Crippen LogP contribution is -2.67. The van der Waals surface area contributed by atoms with Crippen molar-refractivity contribution in [2.24, 2.45) is 50.2 Å². The average molecular weight is 1350 g/mol. The summed E-state index contributed by atoms with van der Waals surface area (Å²) in [6.07, 6.45) is -37.4. The van der Waals surface area contributed by atoms with Gasteiger partial charge in [0.15, 0.2) is 31.5 Å². The molecule has 6 heterocycles. The lowest BCUT2D eigenvalue weighted by molar-refractivity contribution is -0.385. The minimum Gasteiger partial charge on any atom is -0.432 e. The van der Waals surface area contributed by atoms with Crippen molar-refractivity contribution in [1.82, 2.24) is 0 Å². The molecule has 0 bridgehead atoms. The summed E-state index contributed by atoms with van der Waals surface area (Å²) in [5.74, 6) is -0.605. The molecule has 0 radical (unpaired) electrons. The van der Waals surface area contributed by atoms with Gasteiger partial charge in [-0.1, -0.05) is 60.1 Å². The van der Waals surface area contributed by atoms with Crippen LogP contribution in [0.15, 0.2) is 11.6 Å². The van der Waals surface area contributed by atoms with Crippen LogP contribution in [0.3, 0.4) is 0 Å². The smallest absolute Gasteiger partial charge is 0.315 e. The van der Waals surface area contributed by atoms with Crippen LogP contribution in [0.5, 0.6) is 0 Å². The summed E-state index contributed by atoms with van der Waals surface area (Å²) in [4.78, 5) is 15.2. The molecule has 17 N–H and O–H groups in total. The third-order valence-corrected chi connectivity index (χ3v) is 24.8. The Hall–Kier alpha value is -1.91. The Labute approximate surface area is 545 Å². The Balaban J connectivity index is 0.746. The molecular weight excluding hydrogens is 1250 g/mol. The zero-order valence-electron chi connectivity index (χ0n) is 54.6. The molecule has 0 aromatic heterocycles. The van der Waals surface area contributed by atoms with Crippen molar-refractivity contribution in [2.75, 3.05) is 33.0 Å². The Kier molecular flexibility index (Phi) is 21.4. The van der Waals surface area contributed by atoms with Gasteiger partial charge in [-0.25, -0.2) is 0 Å². The number of aliphatic hydroxyl groups is 17. The molecule has 0 aromatic carbocycles. The number of esters is 1. The van der Waals surface area contributed by atoms with Crippen LogP contribution in [0.2, 0.25) is 0 Å². The van der Waals surface area contributed by atoms with Crippen LogP contribution in [0.1, 0.15) is 120 Å². The van der Waals surface area contributed by atoms with Crippen LogP contribution < -0.4 is 0 Å². The highest BCUT2D eigenvalue weighted by atomic mass is 16.8. The van der Waals surface area contributed by atoms with Crippen molar-refractivity contribution >= 4 is 5.97 Å². The Morgan fingerprint density at radius 3 is 1.74 bits per heavy atom. The van der Waals surface area contributed by atoms with Gasteiger partial charge in [-0.3, -0.25) is 4.79 Å². The third kappa shape index (κ3) is 12.6. The second-order valence-electron chi connectivity index (χ2n) is 31.0. The van der Waals surface area contributed by atoms with Crippen molar-refractivity contribution in [3.63, 3.8) is 0 Å². The fourth-order valence-electron chi connectivity index (χ4n) is 18.8. The predicted octanol–water partition coefficient (Wildman–Crippen LogP) is -4.08. The number of allylic oxidation sites excluding steroid dienone is 2. The number of hydrogen-bond donors (Lipinski definition) is 17. The highest BCUT2D eigenvalue weighted by Crippen LogP contribution is 2.76. The average Bonchev–Trinajstić information content (AvgIpc) is 0.676. The topological polar surface area (TPSA) is 472 Å². The number of carbonyl (C=O) groups excluding carboxylic acids is 1. The summed E-state index contributed by atoms with van der Waals surface area (Å²) in [6.45, 7) is 14.2. The van der Waals surface area contributed by atoms with Crippen molar-refractivity contribution in [3.8, 4) is 0 Å². The molecule has 6 aliphatic heterocycles. The van der Waals surface area contributed by atoms with E-state index >= 15 is 4.79 Å². The van der Waals surface area contributed by atoms with Gasteiger partial charge in [0.2, 0.25) is 6.29 Å². The molecule has 0 amide bonds. The third-order valence-electron chi connectivity index (χ3n) is 24.8. The summed E-state index contributed by atoms with van der Waals surface area (Å²) in [7, 11) is 0. The first-order valence-corrected chi connectivity index (χ1v) is 33.5. The number of ether oxygens (including phenoxy) is 12.